The first-order valence-corrected chi connectivity index (χ1v) is 9.34. The summed E-state index contributed by atoms with van der Waals surface area (Å²) in [4.78, 5) is 0. The molecule has 0 spiro atoms. The van der Waals surface area contributed by atoms with Crippen LogP contribution in [0.4, 0.5) is 74.6 Å². The maximum Gasteiger partial charge on any atom is 0.460 e. The Balaban J connectivity index is 3.63. The van der Waals surface area contributed by atoms with E-state index in [2.05, 4.69) is 0 Å². The molecular weight excluding hydrogens is 590 g/mol. The number of halogens is 19. The second-order valence-electron chi connectivity index (χ2n) is 6.24. The minimum absolute atomic E-state index is 0.402. The monoisotopic (exact) mass is 592 g/mol. The first-order chi connectivity index (χ1) is 14.6. The Labute approximate surface area is 188 Å². The maximum absolute atomic E-state index is 13.9. The van der Waals surface area contributed by atoms with E-state index in [-0.39, 0.29) is 0 Å². The van der Waals surface area contributed by atoms with E-state index in [1.807, 2.05) is 0 Å². The van der Waals surface area contributed by atoms with Gasteiger partial charge in [-0.1, -0.05) is 35.3 Å². The summed E-state index contributed by atoms with van der Waals surface area (Å²) in [6.45, 7) is 0. The fourth-order valence-corrected chi connectivity index (χ4v) is 3.61. The van der Waals surface area contributed by atoms with Crippen LogP contribution < -0.4 is 5.19 Å². The molecule has 0 amide bonds. The van der Waals surface area contributed by atoms with Crippen LogP contribution in [0.15, 0.2) is 18.2 Å². The molecule has 0 fully saturated rings. The predicted octanol–water partition coefficient (Wildman–Crippen LogP) is 7.29. The van der Waals surface area contributed by atoms with Crippen molar-refractivity contribution in [3.8, 4) is 0 Å². The molecule has 0 aliphatic carbocycles. The Morgan fingerprint density at radius 1 is 0.500 bits per heavy atom. The molecular formula is C14H3Cl2F17Si. The standard InChI is InChI=1S/C14H3Cl2F17Si/c15-4-2-1-3-5(6(4)16)34-14(32,33)12(27,28)10(23,24)8(19,20)7(17,18)9(21,22)11(25,26)13(29,30)31/h1-3H. The van der Waals surface area contributed by atoms with Gasteiger partial charge >= 0.3 is 41.7 Å². The second-order valence-corrected chi connectivity index (χ2v) is 8.45. The van der Waals surface area contributed by atoms with Gasteiger partial charge in [0.15, 0.2) is 9.52 Å². The molecule has 0 unspecified atom stereocenters. The smallest absolute Gasteiger partial charge is 0.205 e. The Kier molecular flexibility index (Phi) is 7.67. The zero-order chi connectivity index (χ0) is 27.6. The van der Waals surface area contributed by atoms with Gasteiger partial charge in [0.05, 0.1) is 10.0 Å². The lowest BCUT2D eigenvalue weighted by atomic mass is 9.91. The van der Waals surface area contributed by atoms with E-state index < -0.39 is 72.0 Å². The van der Waals surface area contributed by atoms with Crippen molar-refractivity contribution in [1.29, 1.82) is 0 Å². The highest BCUT2D eigenvalue weighted by Gasteiger charge is 2.95. The fourth-order valence-electron chi connectivity index (χ4n) is 2.01. The van der Waals surface area contributed by atoms with E-state index in [4.69, 9.17) is 23.2 Å². The summed E-state index contributed by atoms with van der Waals surface area (Å²) < 4.78 is 224. The summed E-state index contributed by atoms with van der Waals surface area (Å²) in [7, 11) is -3.09. The lowest BCUT2D eigenvalue weighted by Gasteiger charge is -2.42. The van der Waals surface area contributed by atoms with Crippen LogP contribution in [0.1, 0.15) is 0 Å². The molecule has 0 saturated carbocycles. The van der Waals surface area contributed by atoms with Crippen LogP contribution in [0, 0.1) is 0 Å². The van der Waals surface area contributed by atoms with Gasteiger partial charge in [0.1, 0.15) is 0 Å². The van der Waals surface area contributed by atoms with E-state index >= 15 is 0 Å². The zero-order valence-electron chi connectivity index (χ0n) is 14.9. The first-order valence-electron chi connectivity index (χ1n) is 7.58. The maximum atomic E-state index is 13.9. The number of benzene rings is 1. The number of rotatable bonds is 8. The molecule has 0 aliphatic rings. The second kappa shape index (κ2) is 8.45. The molecule has 0 heterocycles. The normalized spacial score (nSPS) is 15.6. The predicted molar refractivity (Wildman–Crippen MR) is 82.5 cm³/mol. The van der Waals surface area contributed by atoms with Gasteiger partial charge < -0.3 is 0 Å². The van der Waals surface area contributed by atoms with Crippen molar-refractivity contribution in [2.75, 3.05) is 0 Å². The van der Waals surface area contributed by atoms with Gasteiger partial charge in [-0.25, -0.2) is 8.78 Å². The van der Waals surface area contributed by atoms with E-state index in [0.717, 1.165) is 6.07 Å². The highest BCUT2D eigenvalue weighted by molar-refractivity contribution is 6.62. The molecule has 0 N–H and O–H groups in total. The van der Waals surface area contributed by atoms with Crippen LogP contribution in [-0.2, 0) is 0 Å². The van der Waals surface area contributed by atoms with E-state index in [9.17, 15) is 74.6 Å². The molecule has 196 valence electrons. The largest absolute Gasteiger partial charge is 0.460 e. The van der Waals surface area contributed by atoms with Crippen LogP contribution in [-0.4, -0.2) is 56.8 Å². The molecule has 0 bridgehead atoms. The summed E-state index contributed by atoms with van der Waals surface area (Å²) in [5.41, 5.74) is -6.54. The molecule has 0 saturated heterocycles. The van der Waals surface area contributed by atoms with E-state index in [1.165, 1.54) is 0 Å². The van der Waals surface area contributed by atoms with Gasteiger partial charge in [-0.15, -0.1) is 0 Å². The van der Waals surface area contributed by atoms with Gasteiger partial charge in [-0.3, -0.25) is 0 Å². The van der Waals surface area contributed by atoms with Crippen molar-refractivity contribution in [3.05, 3.63) is 28.2 Å². The first kappa shape index (κ1) is 30.9. The van der Waals surface area contributed by atoms with Gasteiger partial charge in [-0.05, 0) is 11.3 Å². The molecule has 0 aliphatic heterocycles. The van der Waals surface area contributed by atoms with Crippen molar-refractivity contribution in [2.45, 2.75) is 47.3 Å². The molecule has 2 radical (unpaired) electrons. The summed E-state index contributed by atoms with van der Waals surface area (Å²) in [5.74, 6) is -50.1. The highest BCUT2D eigenvalue weighted by Crippen LogP contribution is 2.63. The van der Waals surface area contributed by atoms with Crippen LogP contribution >= 0.6 is 23.2 Å². The van der Waals surface area contributed by atoms with Crippen molar-refractivity contribution in [1.82, 2.24) is 0 Å². The zero-order valence-corrected chi connectivity index (χ0v) is 17.4. The Hall–Kier alpha value is -1.17. The lowest BCUT2D eigenvalue weighted by Crippen LogP contribution is -2.75. The van der Waals surface area contributed by atoms with Gasteiger partial charge in [-0.2, -0.15) is 65.9 Å². The van der Waals surface area contributed by atoms with Gasteiger partial charge in [0.25, 0.3) is 5.55 Å². The molecule has 1 rings (SSSR count). The van der Waals surface area contributed by atoms with E-state index in [1.54, 1.807) is 0 Å². The summed E-state index contributed by atoms with van der Waals surface area (Å²) in [6, 6.07) is 1.94. The fraction of sp³-hybridized carbons (Fsp3) is 0.571. The molecule has 0 atom stereocenters. The lowest BCUT2D eigenvalue weighted by molar-refractivity contribution is -0.458. The molecule has 1 aromatic carbocycles. The van der Waals surface area contributed by atoms with Gasteiger partial charge in [0, 0.05) is 0 Å². The summed E-state index contributed by atoms with van der Waals surface area (Å²) in [5, 5.41) is -2.96. The summed E-state index contributed by atoms with van der Waals surface area (Å²) in [6.07, 6.45) is -7.79. The number of hydrogen-bond donors (Lipinski definition) is 0. The average Bonchev–Trinajstić information content (AvgIpc) is 2.63. The van der Waals surface area contributed by atoms with Crippen molar-refractivity contribution < 1.29 is 74.6 Å². The average molecular weight is 593 g/mol. The van der Waals surface area contributed by atoms with Crippen molar-refractivity contribution >= 4 is 37.9 Å². The molecule has 34 heavy (non-hydrogen) atoms. The third-order valence-corrected chi connectivity index (χ3v) is 6.26. The Bertz CT molecular complexity index is 908. The van der Waals surface area contributed by atoms with Crippen LogP contribution in [0.5, 0.6) is 0 Å². The SMILES string of the molecule is FC(F)(F)C(F)(F)C(F)(F)C(F)(F)C(F)(F)C(F)(F)C(F)(F)C(F)(F)[Si]c1cccc(Cl)c1Cl. The molecule has 20 heteroatoms. The third-order valence-electron chi connectivity index (χ3n) is 3.97. The Morgan fingerprint density at radius 3 is 1.24 bits per heavy atom. The topological polar surface area (TPSA) is 0 Å². The van der Waals surface area contributed by atoms with Crippen molar-refractivity contribution in [3.63, 3.8) is 0 Å². The van der Waals surface area contributed by atoms with E-state index in [0.29, 0.717) is 12.1 Å². The quantitative estimate of drug-likeness (QED) is 0.220. The minimum Gasteiger partial charge on any atom is -0.205 e. The van der Waals surface area contributed by atoms with Crippen molar-refractivity contribution in [2.24, 2.45) is 0 Å². The Morgan fingerprint density at radius 2 is 0.853 bits per heavy atom. The number of alkyl halides is 17. The van der Waals surface area contributed by atoms with Crippen LogP contribution in [0.25, 0.3) is 0 Å². The number of hydrogen-bond acceptors (Lipinski definition) is 0. The molecule has 0 aromatic heterocycles. The molecule has 1 aromatic rings. The summed E-state index contributed by atoms with van der Waals surface area (Å²) >= 11 is 10.7. The highest BCUT2D eigenvalue weighted by atomic mass is 35.5. The van der Waals surface area contributed by atoms with Crippen LogP contribution in [0.2, 0.25) is 10.0 Å². The molecule has 0 nitrogen and oxygen atoms in total. The van der Waals surface area contributed by atoms with Crippen LogP contribution in [0.3, 0.4) is 0 Å². The van der Waals surface area contributed by atoms with Gasteiger partial charge in [0.2, 0.25) is 0 Å². The third kappa shape index (κ3) is 4.20. The minimum atomic E-state index is -8.65.